The van der Waals surface area contributed by atoms with E-state index in [0.29, 0.717) is 36.2 Å². The van der Waals surface area contributed by atoms with Crippen molar-refractivity contribution in [3.8, 4) is 0 Å². The van der Waals surface area contributed by atoms with E-state index in [4.69, 9.17) is 14.3 Å². The molecule has 0 atom stereocenters. The highest BCUT2D eigenvalue weighted by atomic mass is 79.9. The quantitative estimate of drug-likeness (QED) is 0.909. The lowest BCUT2D eigenvalue weighted by Crippen LogP contribution is -2.41. The van der Waals surface area contributed by atoms with E-state index in [1.54, 1.807) is 11.0 Å². The number of halogens is 1. The van der Waals surface area contributed by atoms with Gasteiger partial charge < -0.3 is 19.2 Å². The van der Waals surface area contributed by atoms with Gasteiger partial charge >= 0.3 is 5.97 Å². The molecule has 0 aromatic carbocycles. The van der Waals surface area contributed by atoms with Crippen molar-refractivity contribution < 1.29 is 23.8 Å². The fraction of sp³-hybridized carbons (Fsp3) is 0.500. The molecule has 2 rings (SSSR count). The Bertz CT molecular complexity index is 464. The molecule has 0 radical (unpaired) electrons. The molecule has 1 amide bonds. The largest absolute Gasteiger partial charge is 0.480 e. The van der Waals surface area contributed by atoms with Crippen LogP contribution in [-0.4, -0.2) is 47.7 Å². The lowest BCUT2D eigenvalue weighted by molar-refractivity contribution is -0.145. The summed E-state index contributed by atoms with van der Waals surface area (Å²) in [5.74, 6) is -1.06. The van der Waals surface area contributed by atoms with E-state index in [1.165, 1.54) is 6.26 Å². The van der Waals surface area contributed by atoms with E-state index in [9.17, 15) is 9.59 Å². The third-order valence-electron chi connectivity index (χ3n) is 3.02. The molecule has 0 saturated carbocycles. The van der Waals surface area contributed by atoms with Crippen LogP contribution in [0.2, 0.25) is 0 Å². The Hall–Kier alpha value is -1.34. The van der Waals surface area contributed by atoms with Crippen LogP contribution < -0.4 is 0 Å². The summed E-state index contributed by atoms with van der Waals surface area (Å²) in [6, 6.07) is 1.62. The average Bonchev–Trinajstić information content (AvgIpc) is 2.82. The number of rotatable bonds is 4. The van der Waals surface area contributed by atoms with Crippen molar-refractivity contribution in [3.63, 3.8) is 0 Å². The lowest BCUT2D eigenvalue weighted by Gasteiger charge is -2.31. The molecule has 104 valence electrons. The highest BCUT2D eigenvalue weighted by molar-refractivity contribution is 9.10. The maximum Gasteiger partial charge on any atom is 0.329 e. The molecule has 0 unspecified atom stereocenters. The molecule has 0 aliphatic carbocycles. The molecule has 6 nitrogen and oxygen atoms in total. The molecule has 1 fully saturated rings. The highest BCUT2D eigenvalue weighted by Crippen LogP contribution is 2.22. The zero-order valence-corrected chi connectivity index (χ0v) is 11.8. The minimum absolute atomic E-state index is 0.0858. The molecule has 19 heavy (non-hydrogen) atoms. The Morgan fingerprint density at radius 3 is 2.68 bits per heavy atom. The van der Waals surface area contributed by atoms with Gasteiger partial charge in [0.1, 0.15) is 6.61 Å². The Morgan fingerprint density at radius 2 is 2.16 bits per heavy atom. The summed E-state index contributed by atoms with van der Waals surface area (Å²) in [7, 11) is 0. The maximum absolute atomic E-state index is 12.2. The lowest BCUT2D eigenvalue weighted by atomic mass is 10.1. The zero-order valence-electron chi connectivity index (χ0n) is 10.2. The van der Waals surface area contributed by atoms with E-state index >= 15 is 0 Å². The summed E-state index contributed by atoms with van der Waals surface area (Å²) in [5.41, 5.74) is 0.505. The number of carbonyl (C=O) groups excluding carboxylic acids is 1. The highest BCUT2D eigenvalue weighted by Gasteiger charge is 2.26. The molecule has 1 aromatic rings. The number of likely N-dealkylation sites (tertiary alicyclic amines) is 1. The number of furan rings is 1. The first-order valence-electron chi connectivity index (χ1n) is 5.93. The third-order valence-corrected chi connectivity index (χ3v) is 3.63. The Morgan fingerprint density at radius 1 is 1.47 bits per heavy atom. The van der Waals surface area contributed by atoms with Crippen LogP contribution >= 0.6 is 15.9 Å². The van der Waals surface area contributed by atoms with Gasteiger partial charge in [0.05, 0.1) is 17.9 Å². The van der Waals surface area contributed by atoms with Crippen molar-refractivity contribution in [3.05, 3.63) is 22.6 Å². The van der Waals surface area contributed by atoms with Gasteiger partial charge in [0, 0.05) is 13.1 Å². The predicted molar refractivity (Wildman–Crippen MR) is 68.9 cm³/mol. The van der Waals surface area contributed by atoms with Gasteiger partial charge in [-0.3, -0.25) is 4.79 Å². The van der Waals surface area contributed by atoms with Crippen LogP contribution in [-0.2, 0) is 9.53 Å². The second-order valence-corrected chi connectivity index (χ2v) is 5.02. The molecule has 1 saturated heterocycles. The van der Waals surface area contributed by atoms with E-state index in [2.05, 4.69) is 15.9 Å². The van der Waals surface area contributed by atoms with Crippen molar-refractivity contribution in [2.75, 3.05) is 19.7 Å². The normalized spacial score (nSPS) is 16.6. The van der Waals surface area contributed by atoms with E-state index in [1.807, 2.05) is 0 Å². The number of carboxylic acid groups (broad SMARTS) is 1. The Kier molecular flexibility index (Phi) is 4.60. The fourth-order valence-corrected chi connectivity index (χ4v) is 2.44. The van der Waals surface area contributed by atoms with Gasteiger partial charge in [-0.05, 0) is 34.8 Å². The van der Waals surface area contributed by atoms with Crippen LogP contribution in [0, 0.1) is 0 Å². The van der Waals surface area contributed by atoms with E-state index in [-0.39, 0.29) is 18.6 Å². The van der Waals surface area contributed by atoms with Gasteiger partial charge in [-0.2, -0.15) is 0 Å². The van der Waals surface area contributed by atoms with Crippen molar-refractivity contribution >= 4 is 27.8 Å². The number of nitrogens with zero attached hydrogens (tertiary/aromatic N) is 1. The first kappa shape index (κ1) is 14.1. The van der Waals surface area contributed by atoms with Crippen LogP contribution in [0.1, 0.15) is 23.2 Å². The smallest absolute Gasteiger partial charge is 0.329 e. The summed E-state index contributed by atoms with van der Waals surface area (Å²) < 4.78 is 10.7. The number of hydrogen-bond acceptors (Lipinski definition) is 4. The van der Waals surface area contributed by atoms with Gasteiger partial charge in [-0.1, -0.05) is 0 Å². The first-order chi connectivity index (χ1) is 9.08. The summed E-state index contributed by atoms with van der Waals surface area (Å²) in [6.45, 7) is 0.827. The molecular weight excluding hydrogens is 318 g/mol. The van der Waals surface area contributed by atoms with Gasteiger partial charge in [0.2, 0.25) is 0 Å². The van der Waals surface area contributed by atoms with Crippen LogP contribution in [0.25, 0.3) is 0 Å². The van der Waals surface area contributed by atoms with Gasteiger partial charge in [-0.25, -0.2) is 4.79 Å². The predicted octanol–water partition coefficient (Wildman–Crippen LogP) is 1.75. The van der Waals surface area contributed by atoms with E-state index in [0.717, 1.165) is 0 Å². The second-order valence-electron chi connectivity index (χ2n) is 4.30. The number of amides is 1. The summed E-state index contributed by atoms with van der Waals surface area (Å²) in [4.78, 5) is 24.3. The SMILES string of the molecule is O=C(O)COC1CCN(C(=O)c2ccoc2Br)CC1. The maximum atomic E-state index is 12.2. The van der Waals surface area contributed by atoms with Gasteiger partial charge in [-0.15, -0.1) is 0 Å². The van der Waals surface area contributed by atoms with Crippen LogP contribution in [0.5, 0.6) is 0 Å². The van der Waals surface area contributed by atoms with Crippen molar-refractivity contribution in [1.29, 1.82) is 0 Å². The molecule has 1 aromatic heterocycles. The van der Waals surface area contributed by atoms with E-state index < -0.39 is 5.97 Å². The third kappa shape index (κ3) is 3.57. The number of piperidine rings is 1. The molecule has 7 heteroatoms. The number of ether oxygens (including phenoxy) is 1. The van der Waals surface area contributed by atoms with Crippen molar-refractivity contribution in [1.82, 2.24) is 4.90 Å². The number of aliphatic carboxylic acids is 1. The van der Waals surface area contributed by atoms with Crippen LogP contribution in [0.3, 0.4) is 0 Å². The van der Waals surface area contributed by atoms with Crippen LogP contribution in [0.4, 0.5) is 0 Å². The standard InChI is InChI=1S/C12H14BrNO5/c13-11-9(3-6-18-11)12(17)14-4-1-8(2-5-14)19-7-10(15)16/h3,6,8H,1-2,4-5,7H2,(H,15,16). The second kappa shape index (κ2) is 6.21. The molecule has 1 aliphatic heterocycles. The molecule has 1 N–H and O–H groups in total. The molecule has 0 spiro atoms. The zero-order chi connectivity index (χ0) is 13.8. The van der Waals surface area contributed by atoms with Gasteiger partial charge in [0.25, 0.3) is 5.91 Å². The summed E-state index contributed by atoms with van der Waals surface area (Å²) in [6.07, 6.45) is 2.66. The Labute approximate surface area is 118 Å². The summed E-state index contributed by atoms with van der Waals surface area (Å²) in [5, 5.41) is 8.53. The Balaban J connectivity index is 1.85. The number of hydrogen-bond donors (Lipinski definition) is 1. The van der Waals surface area contributed by atoms with Crippen molar-refractivity contribution in [2.24, 2.45) is 0 Å². The molecule has 2 heterocycles. The molecule has 0 bridgehead atoms. The van der Waals surface area contributed by atoms with Crippen LogP contribution in [0.15, 0.2) is 21.4 Å². The average molecular weight is 332 g/mol. The minimum Gasteiger partial charge on any atom is -0.480 e. The minimum atomic E-state index is -0.971. The monoisotopic (exact) mass is 331 g/mol. The number of carboxylic acids is 1. The number of carbonyl (C=O) groups is 2. The topological polar surface area (TPSA) is 80.0 Å². The molecular formula is C12H14BrNO5. The molecule has 1 aliphatic rings. The fourth-order valence-electron chi connectivity index (χ4n) is 2.03. The first-order valence-corrected chi connectivity index (χ1v) is 6.73. The van der Waals surface area contributed by atoms with Gasteiger partial charge in [0.15, 0.2) is 4.67 Å². The summed E-state index contributed by atoms with van der Waals surface area (Å²) >= 11 is 3.18. The van der Waals surface area contributed by atoms with Crippen molar-refractivity contribution in [2.45, 2.75) is 18.9 Å².